The lowest BCUT2D eigenvalue weighted by Crippen LogP contribution is -2.37. The Morgan fingerprint density at radius 3 is 2.12 bits per heavy atom. The summed E-state index contributed by atoms with van der Waals surface area (Å²) in [7, 11) is 0. The van der Waals surface area contributed by atoms with E-state index in [0.717, 1.165) is 52.1 Å². The number of anilines is 1. The molecule has 2 N–H and O–H groups in total. The lowest BCUT2D eigenvalue weighted by Gasteiger charge is -2.21. The molecule has 0 aliphatic carbocycles. The van der Waals surface area contributed by atoms with Crippen molar-refractivity contribution in [3.8, 4) is 0 Å². The maximum Gasteiger partial charge on any atom is 0.213 e. The van der Waals surface area contributed by atoms with Gasteiger partial charge in [-0.1, -0.05) is 36.0 Å². The lowest BCUT2D eigenvalue weighted by atomic mass is 10.1. The highest BCUT2D eigenvalue weighted by atomic mass is 35.5. The van der Waals surface area contributed by atoms with Crippen molar-refractivity contribution in [3.63, 3.8) is 0 Å². The van der Waals surface area contributed by atoms with Crippen LogP contribution in [-0.2, 0) is 6.54 Å². The SMILES string of the molecule is C(=C1/Sc2ccccc2N1CCCNCCN1CCCC1)/c1cc[n+](CCCNCCN2CCCC2)c2ccccc12.Cl. The zero-order chi connectivity index (χ0) is 28.4. The summed E-state index contributed by atoms with van der Waals surface area (Å²) >= 11 is 1.91. The van der Waals surface area contributed by atoms with Crippen molar-refractivity contribution in [2.75, 3.05) is 76.9 Å². The molecule has 6 rings (SSSR count). The highest BCUT2D eigenvalue weighted by Crippen LogP contribution is 2.46. The number of benzene rings is 2. The Labute approximate surface area is 269 Å². The van der Waals surface area contributed by atoms with Gasteiger partial charge in [0.15, 0.2) is 6.20 Å². The van der Waals surface area contributed by atoms with Crippen molar-refractivity contribution in [3.05, 3.63) is 71.4 Å². The molecule has 3 aromatic rings. The monoisotopic (exact) mass is 621 g/mol. The molecule has 8 heteroatoms. The standard InChI is InChI=1S/C35H49N6S.ClH/c1-2-12-32-31(11-1)30(15-26-40(32)24-9-16-36-18-27-38-20-5-6-21-38)29-35-41(33-13-3-4-14-34(33)42-35)25-10-17-37-19-28-39-22-7-8-23-39;/h1-4,11-15,26,29,36-37H,5-10,16-25,27-28H2;1H/q+1;. The van der Waals surface area contributed by atoms with Crippen LogP contribution in [0, 0.1) is 0 Å². The summed E-state index contributed by atoms with van der Waals surface area (Å²) in [6.45, 7) is 13.9. The molecule has 0 spiro atoms. The number of aromatic nitrogens is 1. The van der Waals surface area contributed by atoms with E-state index in [2.05, 4.69) is 96.8 Å². The normalized spacial score (nSPS) is 18.1. The number of hydrogen-bond donors (Lipinski definition) is 2. The van der Waals surface area contributed by atoms with Gasteiger partial charge >= 0.3 is 0 Å². The van der Waals surface area contributed by atoms with Crippen molar-refractivity contribution in [2.24, 2.45) is 0 Å². The Morgan fingerprint density at radius 1 is 0.721 bits per heavy atom. The fourth-order valence-corrected chi connectivity index (χ4v) is 7.77. The fourth-order valence-electron chi connectivity index (χ4n) is 6.63. The van der Waals surface area contributed by atoms with E-state index in [9.17, 15) is 0 Å². The van der Waals surface area contributed by atoms with Crippen molar-refractivity contribution in [1.29, 1.82) is 0 Å². The summed E-state index contributed by atoms with van der Waals surface area (Å²) in [5, 5.41) is 10.0. The number of nitrogens with one attached hydrogen (secondary N) is 2. The van der Waals surface area contributed by atoms with E-state index in [1.807, 2.05) is 11.8 Å². The van der Waals surface area contributed by atoms with Crippen LogP contribution in [0.4, 0.5) is 5.69 Å². The molecular weight excluding hydrogens is 572 g/mol. The highest BCUT2D eigenvalue weighted by Gasteiger charge is 2.25. The second kappa shape index (κ2) is 16.8. The van der Waals surface area contributed by atoms with Crippen LogP contribution in [0.5, 0.6) is 0 Å². The summed E-state index contributed by atoms with van der Waals surface area (Å²) in [6.07, 6.45) is 12.5. The van der Waals surface area contributed by atoms with Gasteiger partial charge in [-0.05, 0) is 94.7 Å². The minimum Gasteiger partial charge on any atom is -0.335 e. The average Bonchev–Trinajstić information content (AvgIpc) is 3.80. The van der Waals surface area contributed by atoms with E-state index in [-0.39, 0.29) is 12.4 Å². The average molecular weight is 622 g/mol. The number of pyridine rings is 1. The smallest absolute Gasteiger partial charge is 0.213 e. The van der Waals surface area contributed by atoms with E-state index in [0.29, 0.717) is 0 Å². The van der Waals surface area contributed by atoms with Crippen LogP contribution in [0.2, 0.25) is 0 Å². The van der Waals surface area contributed by atoms with E-state index in [1.54, 1.807) is 0 Å². The predicted molar refractivity (Wildman–Crippen MR) is 185 cm³/mol. The van der Waals surface area contributed by atoms with Crippen LogP contribution in [0.3, 0.4) is 0 Å². The second-order valence-electron chi connectivity index (χ2n) is 12.0. The summed E-state index contributed by atoms with van der Waals surface area (Å²) in [6, 6.07) is 20.1. The second-order valence-corrected chi connectivity index (χ2v) is 13.1. The van der Waals surface area contributed by atoms with Gasteiger partial charge in [0.05, 0.1) is 16.1 Å². The molecule has 6 nitrogen and oxygen atoms in total. The van der Waals surface area contributed by atoms with Gasteiger partial charge < -0.3 is 25.3 Å². The third-order valence-electron chi connectivity index (χ3n) is 8.97. The molecule has 2 aromatic carbocycles. The number of para-hydroxylation sites is 2. The lowest BCUT2D eigenvalue weighted by molar-refractivity contribution is -0.671. The number of likely N-dealkylation sites (tertiary alicyclic amines) is 2. The molecule has 2 saturated heterocycles. The molecule has 43 heavy (non-hydrogen) atoms. The van der Waals surface area contributed by atoms with Crippen LogP contribution in [0.15, 0.2) is 70.7 Å². The number of halogens is 1. The first kappa shape index (κ1) is 32.3. The summed E-state index contributed by atoms with van der Waals surface area (Å²) in [5.41, 5.74) is 3.96. The maximum absolute atomic E-state index is 3.69. The Bertz CT molecular complexity index is 1320. The van der Waals surface area contributed by atoms with Gasteiger partial charge in [0.2, 0.25) is 5.52 Å². The van der Waals surface area contributed by atoms with E-state index >= 15 is 0 Å². The molecule has 3 aliphatic heterocycles. The number of aryl methyl sites for hydroxylation is 1. The van der Waals surface area contributed by atoms with E-state index in [4.69, 9.17) is 0 Å². The third kappa shape index (κ3) is 8.74. The molecule has 0 unspecified atom stereocenters. The minimum absolute atomic E-state index is 0. The topological polar surface area (TPSA) is 37.7 Å². The first-order valence-corrected chi connectivity index (χ1v) is 17.2. The van der Waals surface area contributed by atoms with Crippen molar-refractivity contribution in [2.45, 2.75) is 50.0 Å². The Morgan fingerprint density at radius 2 is 1.37 bits per heavy atom. The minimum atomic E-state index is 0. The summed E-state index contributed by atoms with van der Waals surface area (Å²) in [4.78, 5) is 9.06. The summed E-state index contributed by atoms with van der Waals surface area (Å²) < 4.78 is 2.43. The van der Waals surface area contributed by atoms with Gasteiger partial charge in [-0.2, -0.15) is 4.57 Å². The number of thioether (sulfide) groups is 1. The number of rotatable bonds is 15. The molecule has 0 bridgehead atoms. The molecular formula is C35H50ClN6S+. The van der Waals surface area contributed by atoms with Crippen LogP contribution in [0.25, 0.3) is 17.0 Å². The fraction of sp³-hybridized carbons (Fsp3) is 0.514. The molecule has 232 valence electrons. The molecule has 0 atom stereocenters. The van der Waals surface area contributed by atoms with Crippen molar-refractivity contribution < 1.29 is 4.57 Å². The Kier molecular flexibility index (Phi) is 12.6. The number of hydrogen-bond acceptors (Lipinski definition) is 6. The van der Waals surface area contributed by atoms with Gasteiger partial charge in [0, 0.05) is 62.7 Å². The van der Waals surface area contributed by atoms with Crippen LogP contribution in [-0.4, -0.2) is 81.8 Å². The van der Waals surface area contributed by atoms with E-state index < -0.39 is 0 Å². The molecule has 2 fully saturated rings. The largest absolute Gasteiger partial charge is 0.335 e. The number of fused-ring (bicyclic) bond motifs is 2. The van der Waals surface area contributed by atoms with Gasteiger partial charge in [-0.25, -0.2) is 0 Å². The van der Waals surface area contributed by atoms with Gasteiger partial charge in [-0.15, -0.1) is 12.4 Å². The van der Waals surface area contributed by atoms with Crippen LogP contribution >= 0.6 is 24.2 Å². The molecule has 0 radical (unpaired) electrons. The molecule has 1 aromatic heterocycles. The molecule has 0 saturated carbocycles. The van der Waals surface area contributed by atoms with Crippen molar-refractivity contribution in [1.82, 2.24) is 20.4 Å². The van der Waals surface area contributed by atoms with E-state index in [1.165, 1.54) is 97.0 Å². The number of nitrogens with zero attached hydrogens (tertiary/aromatic N) is 4. The molecule has 3 aliphatic rings. The highest BCUT2D eigenvalue weighted by molar-refractivity contribution is 8.03. The third-order valence-corrected chi connectivity index (χ3v) is 10.1. The Balaban J connectivity index is 0.00000368. The zero-order valence-electron chi connectivity index (χ0n) is 25.7. The van der Waals surface area contributed by atoms with Crippen molar-refractivity contribution >= 4 is 46.8 Å². The first-order chi connectivity index (χ1) is 20.8. The van der Waals surface area contributed by atoms with Gasteiger partial charge in [0.25, 0.3) is 0 Å². The first-order valence-electron chi connectivity index (χ1n) is 16.4. The zero-order valence-corrected chi connectivity index (χ0v) is 27.3. The maximum atomic E-state index is 3.69. The molecule has 4 heterocycles. The van der Waals surface area contributed by atoms with Gasteiger partial charge in [0.1, 0.15) is 6.54 Å². The summed E-state index contributed by atoms with van der Waals surface area (Å²) in [5.74, 6) is 0. The predicted octanol–water partition coefficient (Wildman–Crippen LogP) is 5.61. The van der Waals surface area contributed by atoms with Crippen LogP contribution in [0.1, 0.15) is 44.1 Å². The van der Waals surface area contributed by atoms with Crippen LogP contribution < -0.4 is 20.1 Å². The van der Waals surface area contributed by atoms with Gasteiger partial charge in [-0.3, -0.25) is 0 Å². The molecule has 0 amide bonds. The Hall–Kier alpha value is -2.13. The quantitative estimate of drug-likeness (QED) is 0.170.